The molecule has 11 rings (SSSR count). The summed E-state index contributed by atoms with van der Waals surface area (Å²) in [5, 5.41) is 8.27. The molecule has 9 aromatic carbocycles. The molecule has 0 saturated carbocycles. The Morgan fingerprint density at radius 3 is 1.49 bits per heavy atom. The van der Waals surface area contributed by atoms with Crippen LogP contribution in [0.3, 0.4) is 0 Å². The summed E-state index contributed by atoms with van der Waals surface area (Å²) < 4.78 is 1.38. The van der Waals surface area contributed by atoms with Crippen molar-refractivity contribution in [2.24, 2.45) is 0 Å². The number of aromatic nitrogens is 2. The molecule has 0 saturated heterocycles. The molecule has 268 valence electrons. The standard InChI is InChI=1S/C52H26B6N2S/c53-44-40(31-22-23-36-34-20-8-7-18-32(34)33-19-9-10-21-35(33)37(36)25-31)45(54)48(57)51-43(44)42-41(46(55)47(56)49(58)50(42)61-51)39-26-38(59-52(60-39)28-14-5-2-6-15-28)30-17-11-16-29(24-30)27-12-3-1-4-13-27/h1-26H. The van der Waals surface area contributed by atoms with Crippen molar-refractivity contribution in [1.29, 1.82) is 0 Å². The molecule has 2 nitrogen and oxygen atoms in total. The molecule has 12 radical (unpaired) electrons. The molecule has 2 aromatic heterocycles. The molecule has 0 aliphatic carbocycles. The zero-order valence-corrected chi connectivity index (χ0v) is 33.6. The van der Waals surface area contributed by atoms with Crippen molar-refractivity contribution >= 4 is 144 Å². The molecule has 2 heterocycles. The van der Waals surface area contributed by atoms with E-state index >= 15 is 0 Å². The molecule has 0 fully saturated rings. The van der Waals surface area contributed by atoms with Crippen molar-refractivity contribution in [3.8, 4) is 56.2 Å². The van der Waals surface area contributed by atoms with Gasteiger partial charge in [-0.3, -0.25) is 0 Å². The summed E-state index contributed by atoms with van der Waals surface area (Å²) in [6, 6.07) is 53.7. The summed E-state index contributed by atoms with van der Waals surface area (Å²) >= 11 is 1.40. The maximum atomic E-state index is 7.40. The minimum Gasteiger partial charge on any atom is -0.228 e. The molecule has 0 aliphatic rings. The van der Waals surface area contributed by atoms with Gasteiger partial charge in [0.1, 0.15) is 47.1 Å². The summed E-state index contributed by atoms with van der Waals surface area (Å²) in [7, 11) is 42.2. The highest BCUT2D eigenvalue weighted by atomic mass is 32.1. The van der Waals surface area contributed by atoms with E-state index < -0.39 is 0 Å². The van der Waals surface area contributed by atoms with Gasteiger partial charge in [0.05, 0.1) is 11.4 Å². The first-order valence-electron chi connectivity index (χ1n) is 19.9. The highest BCUT2D eigenvalue weighted by molar-refractivity contribution is 7.28. The van der Waals surface area contributed by atoms with Crippen molar-refractivity contribution in [2.45, 2.75) is 0 Å². The van der Waals surface area contributed by atoms with Gasteiger partial charge in [-0.25, -0.2) is 9.97 Å². The van der Waals surface area contributed by atoms with Gasteiger partial charge in [0, 0.05) is 31.5 Å². The van der Waals surface area contributed by atoms with E-state index in [1.54, 1.807) is 0 Å². The third-order valence-corrected chi connectivity index (χ3v) is 13.2. The maximum Gasteiger partial charge on any atom is 0.160 e. The zero-order chi connectivity index (χ0) is 41.5. The summed E-state index contributed by atoms with van der Waals surface area (Å²) in [6.45, 7) is 0. The van der Waals surface area contributed by atoms with Crippen LogP contribution in [-0.2, 0) is 0 Å². The van der Waals surface area contributed by atoms with E-state index in [-0.39, 0.29) is 10.9 Å². The smallest absolute Gasteiger partial charge is 0.160 e. The Balaban J connectivity index is 1.20. The lowest BCUT2D eigenvalue weighted by Gasteiger charge is -2.20. The molecule has 0 N–H and O–H groups in total. The highest BCUT2D eigenvalue weighted by Crippen LogP contribution is 2.40. The van der Waals surface area contributed by atoms with Crippen LogP contribution < -0.4 is 32.8 Å². The van der Waals surface area contributed by atoms with Gasteiger partial charge in [0.25, 0.3) is 0 Å². The first-order valence-corrected chi connectivity index (χ1v) is 20.7. The molecule has 0 atom stereocenters. The first kappa shape index (κ1) is 37.4. The molecule has 11 aromatic rings. The summed E-state index contributed by atoms with van der Waals surface area (Å²) in [6.07, 6.45) is 0. The first-order chi connectivity index (χ1) is 29.8. The lowest BCUT2D eigenvalue weighted by Crippen LogP contribution is -2.40. The second-order valence-corrected chi connectivity index (χ2v) is 16.4. The minimum atomic E-state index is 0.250. The van der Waals surface area contributed by atoms with Crippen LogP contribution >= 0.6 is 11.3 Å². The van der Waals surface area contributed by atoms with Crippen LogP contribution in [0.5, 0.6) is 0 Å². The summed E-state index contributed by atoms with van der Waals surface area (Å²) in [5.74, 6) is 0.522. The van der Waals surface area contributed by atoms with E-state index in [4.69, 9.17) is 57.0 Å². The van der Waals surface area contributed by atoms with Gasteiger partial charge in [0.2, 0.25) is 0 Å². The number of fused-ring (bicyclic) bond motifs is 9. The van der Waals surface area contributed by atoms with Crippen LogP contribution in [0.2, 0.25) is 0 Å². The Morgan fingerprint density at radius 2 is 0.820 bits per heavy atom. The van der Waals surface area contributed by atoms with Gasteiger partial charge in [-0.05, 0) is 78.2 Å². The predicted molar refractivity (Wildman–Crippen MR) is 267 cm³/mol. The lowest BCUT2D eigenvalue weighted by molar-refractivity contribution is 1.19. The molecule has 0 spiro atoms. The van der Waals surface area contributed by atoms with Crippen molar-refractivity contribution in [2.75, 3.05) is 0 Å². The van der Waals surface area contributed by atoms with Crippen LogP contribution in [0.1, 0.15) is 0 Å². The molecule has 0 bridgehead atoms. The molecular formula is C52H26B6N2S. The van der Waals surface area contributed by atoms with E-state index in [0.717, 1.165) is 44.0 Å². The third kappa shape index (κ3) is 5.93. The molecule has 9 heteroatoms. The van der Waals surface area contributed by atoms with Gasteiger partial charge < -0.3 is 0 Å². The Hall–Kier alpha value is -6.55. The quantitative estimate of drug-likeness (QED) is 0.135. The van der Waals surface area contributed by atoms with E-state index in [1.165, 1.54) is 27.5 Å². The topological polar surface area (TPSA) is 25.8 Å². The number of hydrogen-bond donors (Lipinski definition) is 0. The van der Waals surface area contributed by atoms with E-state index in [9.17, 15) is 0 Å². The van der Waals surface area contributed by atoms with Crippen molar-refractivity contribution < 1.29 is 0 Å². The molecule has 0 unspecified atom stereocenters. The fraction of sp³-hybridized carbons (Fsp3) is 0. The van der Waals surface area contributed by atoms with Crippen molar-refractivity contribution in [3.63, 3.8) is 0 Å². The van der Waals surface area contributed by atoms with Crippen molar-refractivity contribution in [1.82, 2.24) is 9.97 Å². The number of nitrogens with zero attached hydrogens (tertiary/aromatic N) is 2. The maximum absolute atomic E-state index is 7.40. The Morgan fingerprint density at radius 1 is 0.311 bits per heavy atom. The fourth-order valence-electron chi connectivity index (χ4n) is 8.94. The van der Waals surface area contributed by atoms with Gasteiger partial charge in [-0.2, -0.15) is 0 Å². The van der Waals surface area contributed by atoms with Crippen molar-refractivity contribution in [3.05, 3.63) is 158 Å². The van der Waals surface area contributed by atoms with E-state index in [1.807, 2.05) is 66.7 Å². The largest absolute Gasteiger partial charge is 0.228 e. The van der Waals surface area contributed by atoms with Gasteiger partial charge >= 0.3 is 0 Å². The van der Waals surface area contributed by atoms with Gasteiger partial charge in [-0.1, -0.05) is 167 Å². The monoisotopic (exact) mass is 776 g/mol. The lowest BCUT2D eigenvalue weighted by atomic mass is 9.66. The Kier molecular flexibility index (Phi) is 8.95. The SMILES string of the molecule is [B]c1c(-c2ccc3c4ccccc4c4ccccc4c3c2)c([B])c2c(sc3c([B])c([B])c([B])c(-c4cc(-c5cccc(-c6ccccc6)c5)nc(-c5ccccc5)n4)c32)c1[B]. The van der Waals surface area contributed by atoms with E-state index in [2.05, 4.69) is 91.0 Å². The Bertz CT molecular complexity index is 3570. The summed E-state index contributed by atoms with van der Waals surface area (Å²) in [4.78, 5) is 10.3. The fourth-order valence-corrected chi connectivity index (χ4v) is 10.2. The van der Waals surface area contributed by atoms with Crippen LogP contribution in [0, 0.1) is 0 Å². The van der Waals surface area contributed by atoms with Crippen LogP contribution in [0.15, 0.2) is 158 Å². The van der Waals surface area contributed by atoms with Gasteiger partial charge in [0.15, 0.2) is 5.82 Å². The molecule has 0 aliphatic heterocycles. The van der Waals surface area contributed by atoms with Gasteiger partial charge in [-0.15, -0.1) is 16.8 Å². The minimum absolute atomic E-state index is 0.250. The average molecular weight is 776 g/mol. The number of rotatable bonds is 5. The molecule has 0 amide bonds. The van der Waals surface area contributed by atoms with E-state index in [0.29, 0.717) is 70.4 Å². The molecular weight excluding hydrogens is 750 g/mol. The predicted octanol–water partition coefficient (Wildman–Crippen LogP) is 7.40. The number of benzene rings is 9. The second-order valence-electron chi connectivity index (χ2n) is 15.4. The zero-order valence-electron chi connectivity index (χ0n) is 32.8. The highest BCUT2D eigenvalue weighted by Gasteiger charge is 2.24. The van der Waals surface area contributed by atoms with Crippen LogP contribution in [0.4, 0.5) is 0 Å². The van der Waals surface area contributed by atoms with Crippen LogP contribution in [0.25, 0.3) is 109 Å². The van der Waals surface area contributed by atoms with Crippen LogP contribution in [-0.4, -0.2) is 57.0 Å². The Labute approximate surface area is 365 Å². The normalized spacial score (nSPS) is 11.7. The average Bonchev–Trinajstić information content (AvgIpc) is 3.72. The summed E-state index contributed by atoms with van der Waals surface area (Å²) in [5.41, 5.74) is 9.35. The number of hydrogen-bond acceptors (Lipinski definition) is 3. The molecule has 61 heavy (non-hydrogen) atoms. The third-order valence-electron chi connectivity index (χ3n) is 11.9. The number of thiophene rings is 1. The second kappa shape index (κ2) is 14.6.